The molecular formula is C17H22N2O2. The van der Waals surface area contributed by atoms with E-state index >= 15 is 0 Å². The fourth-order valence-corrected chi connectivity index (χ4v) is 2.36. The van der Waals surface area contributed by atoms with E-state index in [1.807, 2.05) is 45.0 Å². The molecule has 0 spiro atoms. The Morgan fingerprint density at radius 2 is 1.81 bits per heavy atom. The van der Waals surface area contributed by atoms with Crippen LogP contribution in [0, 0.1) is 16.7 Å². The first-order valence-corrected chi connectivity index (χ1v) is 7.37. The molecular weight excluding hydrogens is 264 g/mol. The van der Waals surface area contributed by atoms with Crippen molar-refractivity contribution in [1.29, 1.82) is 5.26 Å². The Morgan fingerprint density at radius 1 is 1.24 bits per heavy atom. The minimum Gasteiger partial charge on any atom is -0.367 e. The molecule has 0 aromatic heterocycles. The van der Waals surface area contributed by atoms with Gasteiger partial charge in [0.05, 0.1) is 17.0 Å². The third-order valence-electron chi connectivity index (χ3n) is 3.79. The summed E-state index contributed by atoms with van der Waals surface area (Å²) in [6, 6.07) is 9.91. The molecule has 0 amide bonds. The van der Waals surface area contributed by atoms with Gasteiger partial charge in [-0.25, -0.2) is 4.79 Å². The van der Waals surface area contributed by atoms with Crippen LogP contribution < -0.4 is 0 Å². The monoisotopic (exact) mass is 286 g/mol. The molecule has 1 aliphatic heterocycles. The van der Waals surface area contributed by atoms with Crippen molar-refractivity contribution in [3.8, 4) is 6.07 Å². The molecule has 1 aliphatic rings. The zero-order valence-electron chi connectivity index (χ0n) is 12.9. The fraction of sp³-hybridized carbons (Fsp3) is 0.529. The van der Waals surface area contributed by atoms with E-state index in [-0.39, 0.29) is 5.97 Å². The second-order valence-corrected chi connectivity index (χ2v) is 6.57. The molecule has 0 N–H and O–H groups in total. The summed E-state index contributed by atoms with van der Waals surface area (Å²) >= 11 is 0. The molecule has 0 atom stereocenters. The van der Waals surface area contributed by atoms with Crippen molar-refractivity contribution in [3.63, 3.8) is 0 Å². The lowest BCUT2D eigenvalue weighted by molar-refractivity contribution is -0.204. The van der Waals surface area contributed by atoms with E-state index in [1.165, 1.54) is 5.56 Å². The van der Waals surface area contributed by atoms with Crippen LogP contribution in [0.3, 0.4) is 0 Å². The predicted octanol–water partition coefficient (Wildman–Crippen LogP) is 3.24. The summed E-state index contributed by atoms with van der Waals surface area (Å²) in [7, 11) is 0. The first-order valence-electron chi connectivity index (χ1n) is 7.37. The number of nitrogens with zero attached hydrogens (tertiary/aromatic N) is 2. The Balaban J connectivity index is 1.88. The third kappa shape index (κ3) is 4.05. The van der Waals surface area contributed by atoms with Gasteiger partial charge >= 0.3 is 5.97 Å². The van der Waals surface area contributed by atoms with Crippen LogP contribution in [0.5, 0.6) is 0 Å². The van der Waals surface area contributed by atoms with Crippen molar-refractivity contribution in [1.82, 2.24) is 5.06 Å². The molecule has 0 bridgehead atoms. The zero-order chi connectivity index (χ0) is 15.5. The number of carbonyl (C=O) groups excluding carboxylic acids is 1. The molecule has 1 aromatic rings. The van der Waals surface area contributed by atoms with E-state index in [2.05, 4.69) is 6.07 Å². The Hall–Kier alpha value is -1.86. The highest BCUT2D eigenvalue weighted by atomic mass is 16.7. The van der Waals surface area contributed by atoms with Gasteiger partial charge in [0.15, 0.2) is 0 Å². The molecule has 4 nitrogen and oxygen atoms in total. The van der Waals surface area contributed by atoms with E-state index in [0.717, 1.165) is 25.9 Å². The molecule has 21 heavy (non-hydrogen) atoms. The van der Waals surface area contributed by atoms with Gasteiger partial charge in [-0.2, -0.15) is 5.26 Å². The van der Waals surface area contributed by atoms with Crippen molar-refractivity contribution in [2.24, 2.45) is 5.41 Å². The highest BCUT2D eigenvalue weighted by Gasteiger charge is 2.28. The molecule has 112 valence electrons. The highest BCUT2D eigenvalue weighted by Crippen LogP contribution is 2.29. The smallest absolute Gasteiger partial charge is 0.330 e. The summed E-state index contributed by atoms with van der Waals surface area (Å²) in [5.74, 6) is 0.293. The molecule has 0 unspecified atom stereocenters. The second-order valence-electron chi connectivity index (χ2n) is 6.57. The minimum absolute atomic E-state index is 0.181. The Bertz CT molecular complexity index is 529. The molecule has 0 saturated carbocycles. The van der Waals surface area contributed by atoms with E-state index in [9.17, 15) is 4.79 Å². The number of hydrogen-bond acceptors (Lipinski definition) is 4. The van der Waals surface area contributed by atoms with Crippen molar-refractivity contribution in [2.45, 2.75) is 39.5 Å². The predicted molar refractivity (Wildman–Crippen MR) is 80.3 cm³/mol. The first-order chi connectivity index (χ1) is 9.90. The van der Waals surface area contributed by atoms with Crippen LogP contribution in [0.4, 0.5) is 0 Å². The van der Waals surface area contributed by atoms with Crippen LogP contribution in [0.15, 0.2) is 24.3 Å². The van der Waals surface area contributed by atoms with Gasteiger partial charge in [-0.05, 0) is 57.2 Å². The van der Waals surface area contributed by atoms with Crippen LogP contribution >= 0.6 is 0 Å². The van der Waals surface area contributed by atoms with Gasteiger partial charge in [-0.15, -0.1) is 5.06 Å². The van der Waals surface area contributed by atoms with Crippen molar-refractivity contribution in [3.05, 3.63) is 35.4 Å². The summed E-state index contributed by atoms with van der Waals surface area (Å²) in [6.07, 6.45) is 1.92. The summed E-state index contributed by atoms with van der Waals surface area (Å²) in [6.45, 7) is 7.09. The molecule has 1 heterocycles. The number of hydrogen-bond donors (Lipinski definition) is 0. The molecule has 1 fully saturated rings. The number of hydroxylamine groups is 2. The van der Waals surface area contributed by atoms with Gasteiger partial charge in [0.2, 0.25) is 0 Å². The average molecular weight is 286 g/mol. The number of benzene rings is 1. The maximum atomic E-state index is 11.9. The van der Waals surface area contributed by atoms with Gasteiger partial charge in [0.1, 0.15) is 0 Å². The topological polar surface area (TPSA) is 53.3 Å². The summed E-state index contributed by atoms with van der Waals surface area (Å²) in [4.78, 5) is 17.3. The van der Waals surface area contributed by atoms with Crippen LogP contribution in [0.25, 0.3) is 0 Å². The van der Waals surface area contributed by atoms with Crippen LogP contribution in [0.1, 0.15) is 50.7 Å². The summed E-state index contributed by atoms with van der Waals surface area (Å²) < 4.78 is 0. The van der Waals surface area contributed by atoms with Crippen molar-refractivity contribution >= 4 is 5.97 Å². The lowest BCUT2D eigenvalue weighted by Gasteiger charge is -2.32. The molecule has 2 rings (SSSR count). The Morgan fingerprint density at radius 3 is 2.29 bits per heavy atom. The van der Waals surface area contributed by atoms with Crippen LogP contribution in [-0.2, 0) is 9.63 Å². The van der Waals surface area contributed by atoms with Gasteiger partial charge < -0.3 is 4.84 Å². The Labute approximate surface area is 126 Å². The van der Waals surface area contributed by atoms with E-state index < -0.39 is 5.41 Å². The first kappa shape index (κ1) is 15.5. The SMILES string of the molecule is CC(C)(C)C(=O)ON1CCC(c2ccc(C#N)cc2)CC1. The van der Waals surface area contributed by atoms with Crippen molar-refractivity contribution in [2.75, 3.05) is 13.1 Å². The fourth-order valence-electron chi connectivity index (χ4n) is 2.36. The third-order valence-corrected chi connectivity index (χ3v) is 3.79. The zero-order valence-corrected chi connectivity index (χ0v) is 12.9. The lowest BCUT2D eigenvalue weighted by atomic mass is 9.90. The van der Waals surface area contributed by atoms with Gasteiger partial charge in [-0.1, -0.05) is 12.1 Å². The average Bonchev–Trinajstić information content (AvgIpc) is 2.47. The lowest BCUT2D eigenvalue weighted by Crippen LogP contribution is -2.38. The van der Waals surface area contributed by atoms with Crippen LogP contribution in [0.2, 0.25) is 0 Å². The molecule has 1 saturated heterocycles. The quantitative estimate of drug-likeness (QED) is 0.837. The van der Waals surface area contributed by atoms with Gasteiger partial charge in [0.25, 0.3) is 0 Å². The summed E-state index contributed by atoms with van der Waals surface area (Å²) in [5.41, 5.74) is 1.48. The van der Waals surface area contributed by atoms with Crippen molar-refractivity contribution < 1.29 is 9.63 Å². The number of rotatable bonds is 2. The minimum atomic E-state index is -0.468. The molecule has 4 heteroatoms. The molecule has 1 aromatic carbocycles. The van der Waals surface area contributed by atoms with E-state index in [0.29, 0.717) is 11.5 Å². The number of carbonyl (C=O) groups is 1. The Kier molecular flexibility index (Phi) is 4.64. The maximum absolute atomic E-state index is 11.9. The second kappa shape index (κ2) is 6.28. The molecule has 0 aliphatic carbocycles. The summed E-state index contributed by atoms with van der Waals surface area (Å²) in [5, 5.41) is 10.6. The molecule has 0 radical (unpaired) electrons. The van der Waals surface area contributed by atoms with Gasteiger partial charge in [0, 0.05) is 13.1 Å². The van der Waals surface area contributed by atoms with E-state index in [4.69, 9.17) is 10.1 Å². The highest BCUT2D eigenvalue weighted by molar-refractivity contribution is 5.75. The standard InChI is InChI=1S/C17H22N2O2/c1-17(2,3)16(20)21-19-10-8-15(9-11-19)14-6-4-13(12-18)5-7-14/h4-7,15H,8-11H2,1-3H3. The number of piperidine rings is 1. The van der Waals surface area contributed by atoms with Gasteiger partial charge in [-0.3, -0.25) is 0 Å². The van der Waals surface area contributed by atoms with E-state index in [1.54, 1.807) is 5.06 Å². The maximum Gasteiger partial charge on any atom is 0.330 e. The largest absolute Gasteiger partial charge is 0.367 e. The normalized spacial score (nSPS) is 17.2. The number of nitriles is 1. The van der Waals surface area contributed by atoms with Crippen LogP contribution in [-0.4, -0.2) is 24.1 Å².